The molecule has 1 aromatic rings. The van der Waals surface area contributed by atoms with Crippen LogP contribution in [0.25, 0.3) is 0 Å². The minimum Gasteiger partial charge on any atom is -0.255 e. The van der Waals surface area contributed by atoms with Crippen LogP contribution >= 0.6 is 16.4 Å². The summed E-state index contributed by atoms with van der Waals surface area (Å²) in [5.41, 5.74) is 2.13. The van der Waals surface area contributed by atoms with Crippen molar-refractivity contribution in [2.75, 3.05) is 0 Å². The van der Waals surface area contributed by atoms with Crippen molar-refractivity contribution >= 4 is 16.4 Å². The highest BCUT2D eigenvalue weighted by Gasteiger charge is 1.60. The fourth-order valence-corrected chi connectivity index (χ4v) is 1.38. The third-order valence-electron chi connectivity index (χ3n) is 0.400. The zero-order valence-corrected chi connectivity index (χ0v) is 4.86. The molecule has 0 unspecified atom stereocenters. The van der Waals surface area contributed by atoms with Crippen LogP contribution in [-0.4, -0.2) is 4.98 Å². The van der Waals surface area contributed by atoms with Crippen LogP contribution in [-0.2, 0) is 0 Å². The highest BCUT2D eigenvalue weighted by Crippen LogP contribution is 2.06. The van der Waals surface area contributed by atoms with E-state index in [1.807, 2.05) is 11.9 Å². The van der Waals surface area contributed by atoms with E-state index >= 15 is 0 Å². The van der Waals surface area contributed by atoms with Gasteiger partial charge in [0.15, 0.2) is 0 Å². The van der Waals surface area contributed by atoms with Gasteiger partial charge in [0.1, 0.15) is 0 Å². The van der Waals surface area contributed by atoms with Gasteiger partial charge in [-0.15, -0.1) is 0 Å². The summed E-state index contributed by atoms with van der Waals surface area (Å²) in [4.78, 5) is 3.87. The van der Waals surface area contributed by atoms with Crippen molar-refractivity contribution in [1.82, 2.24) is 4.98 Å². The molecule has 0 radical (unpaired) electrons. The Hall–Kier alpha value is 0.01000. The van der Waals surface area contributed by atoms with Gasteiger partial charge in [0, 0.05) is 0 Å². The number of rotatable bonds is 0. The summed E-state index contributed by atoms with van der Waals surface area (Å²) in [5.74, 6) is 3.74. The molecule has 0 amide bonds. The highest BCUT2D eigenvalue weighted by atomic mass is 31.1. The van der Waals surface area contributed by atoms with Crippen LogP contribution in [0.2, 0.25) is 0 Å². The van der Waals surface area contributed by atoms with Crippen molar-refractivity contribution in [2.45, 2.75) is 0 Å². The lowest BCUT2D eigenvalue weighted by Crippen LogP contribution is -1.46. The van der Waals surface area contributed by atoms with Crippen molar-refractivity contribution in [3.63, 3.8) is 0 Å². The molecule has 0 bridgehead atoms. The van der Waals surface area contributed by atoms with Crippen molar-refractivity contribution in [1.29, 1.82) is 0 Å². The molecule has 1 aromatic heterocycles. The Balaban J connectivity index is 3.00. The Kier molecular flexibility index (Phi) is 1.55. The number of hydrogen-bond donors (Lipinski definition) is 0. The first-order valence-corrected chi connectivity index (χ1v) is 3.61. The van der Waals surface area contributed by atoms with Gasteiger partial charge in [-0.1, -0.05) is 16.4 Å². The smallest absolute Gasteiger partial charge is 0.0546 e. The molecule has 0 saturated carbocycles. The van der Waals surface area contributed by atoms with Crippen molar-refractivity contribution in [3.05, 3.63) is 17.4 Å². The first-order chi connectivity index (χ1) is 3.00. The molecule has 0 spiro atoms. The van der Waals surface area contributed by atoms with E-state index in [-0.39, 0.29) is 0 Å². The second-order valence-electron chi connectivity index (χ2n) is 0.794. The summed E-state index contributed by atoms with van der Waals surface area (Å²) in [6, 6.07) is 0. The number of aromatic nitrogens is 1. The van der Waals surface area contributed by atoms with Gasteiger partial charge >= 0.3 is 0 Å². The first-order valence-electron chi connectivity index (χ1n) is 1.55. The number of nitrogens with zero attached hydrogens (tertiary/aromatic N) is 1. The summed E-state index contributed by atoms with van der Waals surface area (Å²) < 4.78 is 0. The van der Waals surface area contributed by atoms with Gasteiger partial charge in [0.25, 0.3) is 0 Å². The largest absolute Gasteiger partial charge is 0.255 e. The second-order valence-corrected chi connectivity index (χ2v) is 2.78. The highest BCUT2D eigenvalue weighted by molar-refractivity contribution is 7.42. The summed E-state index contributed by atoms with van der Waals surface area (Å²) in [6.45, 7) is 0. The maximum absolute atomic E-state index is 3.87. The Labute approximate surface area is 39.6 Å². The van der Waals surface area contributed by atoms with Crippen LogP contribution in [0, 0.1) is 0 Å². The van der Waals surface area contributed by atoms with E-state index in [4.69, 9.17) is 0 Å². The van der Waals surface area contributed by atoms with Gasteiger partial charge in [0.2, 0.25) is 0 Å². The van der Waals surface area contributed by atoms with Gasteiger partial charge in [-0.3, -0.25) is 4.98 Å². The van der Waals surface area contributed by atoms with E-state index in [0.29, 0.717) is 0 Å². The Morgan fingerprint density at radius 3 is 2.00 bits per heavy atom. The molecule has 0 fully saturated rings. The van der Waals surface area contributed by atoms with Gasteiger partial charge < -0.3 is 0 Å². The molecule has 0 aromatic carbocycles. The monoisotopic (exact) mass is 115 g/mol. The predicted octanol–water partition coefficient (Wildman–Crippen LogP) is 2.24. The lowest BCUT2D eigenvalue weighted by Gasteiger charge is -1.68. The number of hydrogen-bond acceptors (Lipinski definition) is 1. The van der Waals surface area contributed by atoms with Crippen molar-refractivity contribution in [3.8, 4) is 0 Å². The molecule has 1 rings (SSSR count). The van der Waals surface area contributed by atoms with Crippen LogP contribution in [0.1, 0.15) is 0 Å². The first kappa shape index (κ1) is 4.18. The van der Waals surface area contributed by atoms with E-state index in [9.17, 15) is 0 Å². The minimum absolute atomic E-state index is 1.24. The van der Waals surface area contributed by atoms with Crippen LogP contribution in [0.3, 0.4) is 0 Å². The molecule has 1 nitrogen and oxygen atoms in total. The third kappa shape index (κ3) is 1.01. The molecular weight excluding hydrogens is 112 g/mol. The minimum atomic E-state index is 1.24. The summed E-state index contributed by atoms with van der Waals surface area (Å²) in [5, 5.41) is 0. The zero-order valence-electron chi connectivity index (χ0n) is 3.07. The fraction of sp³-hybridized carbons (Fsp3) is 0. The van der Waals surface area contributed by atoms with E-state index in [1.54, 1.807) is 0 Å². The SMILES string of the molecule is c1ncpcp1. The van der Waals surface area contributed by atoms with E-state index in [0.717, 1.165) is 0 Å². The van der Waals surface area contributed by atoms with E-state index < -0.39 is 0 Å². The Bertz CT molecular complexity index is 80.7. The average molecular weight is 115 g/mol. The van der Waals surface area contributed by atoms with Crippen LogP contribution in [0.15, 0.2) is 17.4 Å². The summed E-state index contributed by atoms with van der Waals surface area (Å²) >= 11 is 0. The molecule has 3 heteroatoms. The zero-order chi connectivity index (χ0) is 4.24. The van der Waals surface area contributed by atoms with Crippen LogP contribution < -0.4 is 0 Å². The predicted molar refractivity (Wildman–Crippen MR) is 29.3 cm³/mol. The normalized spacial score (nSPS) is 10.7. The molecule has 0 aliphatic heterocycles. The Morgan fingerprint density at radius 1 is 1.17 bits per heavy atom. The van der Waals surface area contributed by atoms with Crippen LogP contribution in [0.5, 0.6) is 0 Å². The van der Waals surface area contributed by atoms with Crippen molar-refractivity contribution < 1.29 is 0 Å². The lowest BCUT2D eigenvalue weighted by atomic mass is 11.5. The molecule has 1 heterocycles. The maximum atomic E-state index is 3.87. The fourth-order valence-electron chi connectivity index (χ4n) is 0.205. The van der Waals surface area contributed by atoms with E-state index in [2.05, 4.69) is 10.5 Å². The van der Waals surface area contributed by atoms with Gasteiger partial charge in [0.05, 0.1) is 11.9 Å². The van der Waals surface area contributed by atoms with Crippen molar-refractivity contribution in [2.24, 2.45) is 0 Å². The van der Waals surface area contributed by atoms with E-state index in [1.165, 1.54) is 16.4 Å². The lowest BCUT2D eigenvalue weighted by molar-refractivity contribution is 1.45. The average Bonchev–Trinajstić information content (AvgIpc) is 1.72. The molecule has 0 aliphatic carbocycles. The third-order valence-corrected chi connectivity index (χ3v) is 2.00. The second kappa shape index (κ2) is 2.23. The maximum Gasteiger partial charge on any atom is 0.0546 e. The quantitative estimate of drug-likeness (QED) is 0.505. The molecular formula is C3H3NP2. The molecule has 0 N–H and O–H groups in total. The molecule has 0 atom stereocenters. The molecule has 6 heavy (non-hydrogen) atoms. The summed E-state index contributed by atoms with van der Waals surface area (Å²) in [6.07, 6.45) is 0. The topological polar surface area (TPSA) is 12.9 Å². The molecule has 0 saturated heterocycles. The standard InChI is InChI=1S/C3H3NP2/c1-4-2-6-3-5-1/h1-3H. The van der Waals surface area contributed by atoms with Gasteiger partial charge in [-0.2, -0.15) is 0 Å². The molecule has 0 aliphatic rings. The summed E-state index contributed by atoms with van der Waals surface area (Å²) in [7, 11) is 2.48. The van der Waals surface area contributed by atoms with Crippen LogP contribution in [0.4, 0.5) is 0 Å². The Morgan fingerprint density at radius 2 is 1.83 bits per heavy atom. The van der Waals surface area contributed by atoms with Gasteiger partial charge in [-0.25, -0.2) is 0 Å². The molecule has 30 valence electrons. The van der Waals surface area contributed by atoms with Gasteiger partial charge in [-0.05, 0) is 5.53 Å².